The highest BCUT2D eigenvalue weighted by Gasteiger charge is 2.13. The molecule has 0 radical (unpaired) electrons. The Bertz CT molecular complexity index is 735. The van der Waals surface area contributed by atoms with Crippen LogP contribution in [0, 0.1) is 6.92 Å². The molecule has 0 aliphatic rings. The van der Waals surface area contributed by atoms with Gasteiger partial charge in [0.25, 0.3) is 5.89 Å². The molecule has 3 aromatic rings. The first-order valence-electron chi connectivity index (χ1n) is 5.58. The molecule has 0 aliphatic carbocycles. The van der Waals surface area contributed by atoms with Gasteiger partial charge in [-0.25, -0.2) is 0 Å². The van der Waals surface area contributed by atoms with Crippen LogP contribution in [-0.4, -0.2) is 10.1 Å². The zero-order valence-electron chi connectivity index (χ0n) is 10.1. The van der Waals surface area contributed by atoms with E-state index in [9.17, 15) is 0 Å². The third kappa shape index (κ3) is 2.41. The number of benzene rings is 1. The summed E-state index contributed by atoms with van der Waals surface area (Å²) in [5.74, 6) is 1.11. The van der Waals surface area contributed by atoms with Gasteiger partial charge >= 0.3 is 0 Å². The van der Waals surface area contributed by atoms with Crippen LogP contribution in [0.5, 0.6) is 0 Å². The Morgan fingerprint density at radius 1 is 1.32 bits per heavy atom. The quantitative estimate of drug-likeness (QED) is 0.715. The molecule has 0 amide bonds. The zero-order chi connectivity index (χ0) is 13.4. The maximum absolute atomic E-state index is 5.73. The van der Waals surface area contributed by atoms with Gasteiger partial charge in [0.05, 0.1) is 4.88 Å². The molecule has 96 valence electrons. The molecule has 0 atom stereocenters. The fraction of sp³-hybridized carbons (Fsp3) is 0.0769. The molecule has 2 heterocycles. The van der Waals surface area contributed by atoms with E-state index in [1.54, 1.807) is 11.3 Å². The van der Waals surface area contributed by atoms with Crippen LogP contribution in [0.25, 0.3) is 22.2 Å². The lowest BCUT2D eigenvalue weighted by Gasteiger charge is -2.00. The van der Waals surface area contributed by atoms with Gasteiger partial charge < -0.3 is 10.3 Å². The van der Waals surface area contributed by atoms with Gasteiger partial charge in [0, 0.05) is 21.1 Å². The van der Waals surface area contributed by atoms with E-state index in [4.69, 9.17) is 10.3 Å². The summed E-state index contributed by atoms with van der Waals surface area (Å²) in [6.45, 7) is 1.97. The van der Waals surface area contributed by atoms with Crippen molar-refractivity contribution in [2.24, 2.45) is 0 Å². The number of thiophene rings is 1. The van der Waals surface area contributed by atoms with Crippen molar-refractivity contribution < 1.29 is 4.52 Å². The van der Waals surface area contributed by atoms with E-state index in [-0.39, 0.29) is 0 Å². The van der Waals surface area contributed by atoms with Gasteiger partial charge in [0.15, 0.2) is 0 Å². The number of aryl methyl sites for hydroxylation is 1. The Hall–Kier alpha value is -1.66. The van der Waals surface area contributed by atoms with Crippen molar-refractivity contribution in [2.45, 2.75) is 6.92 Å². The summed E-state index contributed by atoms with van der Waals surface area (Å²) in [6.07, 6.45) is 0. The van der Waals surface area contributed by atoms with Gasteiger partial charge in [-0.2, -0.15) is 4.98 Å². The number of nitrogen functional groups attached to an aromatic ring is 1. The molecule has 4 nitrogen and oxygen atoms in total. The first-order chi connectivity index (χ1) is 9.13. The molecular weight excluding hydrogens is 326 g/mol. The minimum absolute atomic E-state index is 0.511. The second-order valence-corrected chi connectivity index (χ2v) is 5.95. The molecule has 2 aromatic heterocycles. The molecule has 0 unspecified atom stereocenters. The fourth-order valence-electron chi connectivity index (χ4n) is 1.79. The number of nitrogens with zero attached hydrogens (tertiary/aromatic N) is 2. The standard InChI is InChI=1S/C13H10BrN3OS/c1-7-4-9(15)2-3-10(7)13-16-12(17-18-13)11-5-8(14)6-19-11/h2-6H,15H2,1H3. The Labute approximate surface area is 122 Å². The fourth-order valence-corrected chi connectivity index (χ4v) is 3.14. The number of nitrogens with two attached hydrogens (primary N) is 1. The monoisotopic (exact) mass is 335 g/mol. The van der Waals surface area contributed by atoms with E-state index < -0.39 is 0 Å². The van der Waals surface area contributed by atoms with Crippen molar-refractivity contribution in [1.82, 2.24) is 10.1 Å². The summed E-state index contributed by atoms with van der Waals surface area (Å²) in [4.78, 5) is 5.39. The molecule has 0 spiro atoms. The van der Waals surface area contributed by atoms with Gasteiger partial charge in [0.1, 0.15) is 0 Å². The van der Waals surface area contributed by atoms with E-state index in [0.29, 0.717) is 11.7 Å². The van der Waals surface area contributed by atoms with Crippen LogP contribution in [0.3, 0.4) is 0 Å². The van der Waals surface area contributed by atoms with Gasteiger partial charge in [-0.3, -0.25) is 0 Å². The lowest BCUT2D eigenvalue weighted by Crippen LogP contribution is -1.88. The minimum Gasteiger partial charge on any atom is -0.399 e. The molecule has 0 fully saturated rings. The first-order valence-corrected chi connectivity index (χ1v) is 7.25. The molecule has 0 saturated carbocycles. The van der Waals surface area contributed by atoms with Crippen molar-refractivity contribution in [3.8, 4) is 22.2 Å². The van der Waals surface area contributed by atoms with E-state index in [2.05, 4.69) is 26.1 Å². The molecule has 0 aliphatic heterocycles. The molecular formula is C13H10BrN3OS. The second-order valence-electron chi connectivity index (χ2n) is 4.13. The van der Waals surface area contributed by atoms with Crippen molar-refractivity contribution in [3.05, 3.63) is 39.7 Å². The number of hydrogen-bond acceptors (Lipinski definition) is 5. The number of anilines is 1. The maximum atomic E-state index is 5.73. The SMILES string of the molecule is Cc1cc(N)ccc1-c1nc(-c2cc(Br)cs2)no1. The maximum Gasteiger partial charge on any atom is 0.258 e. The Morgan fingerprint density at radius 3 is 2.84 bits per heavy atom. The summed E-state index contributed by atoms with van der Waals surface area (Å²) in [6, 6.07) is 7.58. The van der Waals surface area contributed by atoms with E-state index in [1.807, 2.05) is 36.6 Å². The summed E-state index contributed by atoms with van der Waals surface area (Å²) in [7, 11) is 0. The average Bonchev–Trinajstić information content (AvgIpc) is 2.97. The molecule has 0 saturated heterocycles. The highest BCUT2D eigenvalue weighted by molar-refractivity contribution is 9.10. The lowest BCUT2D eigenvalue weighted by atomic mass is 10.1. The van der Waals surface area contributed by atoms with Crippen LogP contribution in [0.4, 0.5) is 5.69 Å². The summed E-state index contributed by atoms with van der Waals surface area (Å²) >= 11 is 4.98. The van der Waals surface area contributed by atoms with Crippen molar-refractivity contribution in [1.29, 1.82) is 0 Å². The normalized spacial score (nSPS) is 10.8. The minimum atomic E-state index is 0.511. The van der Waals surface area contributed by atoms with Gasteiger partial charge in [-0.15, -0.1) is 11.3 Å². The Kier molecular flexibility index (Phi) is 3.12. The highest BCUT2D eigenvalue weighted by atomic mass is 79.9. The molecule has 3 rings (SSSR count). The van der Waals surface area contributed by atoms with Crippen LogP contribution >= 0.6 is 27.3 Å². The molecule has 0 bridgehead atoms. The highest BCUT2D eigenvalue weighted by Crippen LogP contribution is 2.30. The topological polar surface area (TPSA) is 64.9 Å². The van der Waals surface area contributed by atoms with Crippen molar-refractivity contribution in [3.63, 3.8) is 0 Å². The third-order valence-electron chi connectivity index (χ3n) is 2.69. The predicted molar refractivity (Wildman–Crippen MR) is 79.9 cm³/mol. The molecule has 2 N–H and O–H groups in total. The Balaban J connectivity index is 2.01. The second kappa shape index (κ2) is 4.79. The molecule has 6 heteroatoms. The van der Waals surface area contributed by atoms with Crippen molar-refractivity contribution in [2.75, 3.05) is 5.73 Å². The number of halogens is 1. The van der Waals surface area contributed by atoms with Crippen molar-refractivity contribution >= 4 is 33.0 Å². The summed E-state index contributed by atoms with van der Waals surface area (Å²) < 4.78 is 6.34. The van der Waals surface area contributed by atoms with E-state index in [1.165, 1.54) is 0 Å². The van der Waals surface area contributed by atoms with Crippen LogP contribution in [-0.2, 0) is 0 Å². The molecule has 1 aromatic carbocycles. The summed E-state index contributed by atoms with van der Waals surface area (Å²) in [5, 5.41) is 6.00. The van der Waals surface area contributed by atoms with Crippen LogP contribution in [0.15, 0.2) is 38.6 Å². The Morgan fingerprint density at radius 2 is 2.16 bits per heavy atom. The third-order valence-corrected chi connectivity index (χ3v) is 4.38. The van der Waals surface area contributed by atoms with Gasteiger partial charge in [-0.05, 0) is 52.7 Å². The number of aromatic nitrogens is 2. The number of hydrogen-bond donors (Lipinski definition) is 1. The largest absolute Gasteiger partial charge is 0.399 e. The summed E-state index contributed by atoms with van der Waals surface area (Å²) in [5.41, 5.74) is 8.38. The molecule has 19 heavy (non-hydrogen) atoms. The van der Waals surface area contributed by atoms with Crippen LogP contribution < -0.4 is 5.73 Å². The predicted octanol–water partition coefficient (Wildman–Crippen LogP) is 4.12. The smallest absolute Gasteiger partial charge is 0.258 e. The van der Waals surface area contributed by atoms with E-state index in [0.717, 1.165) is 26.2 Å². The average molecular weight is 336 g/mol. The van der Waals surface area contributed by atoms with Crippen LogP contribution in [0.1, 0.15) is 5.56 Å². The number of rotatable bonds is 2. The van der Waals surface area contributed by atoms with Gasteiger partial charge in [-0.1, -0.05) is 5.16 Å². The zero-order valence-corrected chi connectivity index (χ0v) is 12.5. The van der Waals surface area contributed by atoms with Gasteiger partial charge in [0.2, 0.25) is 5.82 Å². The van der Waals surface area contributed by atoms with E-state index >= 15 is 0 Å². The van der Waals surface area contributed by atoms with Crippen LogP contribution in [0.2, 0.25) is 0 Å². The lowest BCUT2D eigenvalue weighted by molar-refractivity contribution is 0.432. The first kappa shape index (κ1) is 12.4.